The first-order valence-corrected chi connectivity index (χ1v) is 16.4. The molecule has 70 heavy (non-hydrogen) atoms. The molecule has 0 aliphatic carbocycles. The lowest BCUT2D eigenvalue weighted by Gasteiger charge is -2.21. The minimum absolute atomic E-state index is 0. The van der Waals surface area contributed by atoms with Crippen molar-refractivity contribution in [2.45, 2.75) is 0 Å². The maximum atomic E-state index is 14.4. The summed E-state index contributed by atoms with van der Waals surface area (Å²) in [4.78, 5) is 0. The van der Waals surface area contributed by atoms with Crippen LogP contribution in [0.25, 0.3) is 0 Å². The molecule has 6 aromatic rings. The molecule has 0 fully saturated rings. The molecule has 0 spiro atoms. The van der Waals surface area contributed by atoms with Crippen molar-refractivity contribution >= 4 is 71.0 Å². The Labute approximate surface area is 377 Å². The zero-order valence-electron chi connectivity index (χ0n) is 31.3. The minimum atomic E-state index is -3.96. The highest BCUT2D eigenvalue weighted by molar-refractivity contribution is 6.96. The van der Waals surface area contributed by atoms with E-state index in [0.29, 0.717) is 0 Å². The second-order valence-corrected chi connectivity index (χ2v) is 12.8. The summed E-state index contributed by atoms with van der Waals surface area (Å²) in [7, 11) is 0. The van der Waals surface area contributed by atoms with Crippen molar-refractivity contribution in [1.29, 1.82) is 0 Å². The van der Waals surface area contributed by atoms with Gasteiger partial charge >= 0.3 is 0 Å². The predicted octanol–water partition coefficient (Wildman–Crippen LogP) is 9.42. The van der Waals surface area contributed by atoms with Gasteiger partial charge in [0.25, 0.3) is 13.4 Å². The highest BCUT2D eigenvalue weighted by Gasteiger charge is 2.47. The molecule has 0 heterocycles. The summed E-state index contributed by atoms with van der Waals surface area (Å²) in [6.45, 7) is -7.92. The fraction of sp³-hybridized carbons (Fsp3) is 0. The van der Waals surface area contributed by atoms with Crippen LogP contribution in [0.5, 0.6) is 0 Å². The summed E-state index contributed by atoms with van der Waals surface area (Å²) in [5.74, 6) is -90.4. The standard InChI is InChI=1S/2C18BF15.2ClH/c2*20-4-1(5(21)11(27)16(32)10(4)26)19(2-6(22)12(28)17(33)13(29)7(2)23)3-8(24)14(30)18(34)15(31)9(3)25;;/h;;2*1H. The van der Waals surface area contributed by atoms with Crippen molar-refractivity contribution in [3.8, 4) is 0 Å². The molecule has 0 N–H and O–H groups in total. The topological polar surface area (TPSA) is 0 Å². The van der Waals surface area contributed by atoms with Crippen LogP contribution in [-0.2, 0) is 0 Å². The van der Waals surface area contributed by atoms with Gasteiger partial charge in [-0.25, -0.2) is 132 Å². The summed E-state index contributed by atoms with van der Waals surface area (Å²) >= 11 is 0. The first-order valence-electron chi connectivity index (χ1n) is 16.4. The van der Waals surface area contributed by atoms with Crippen LogP contribution in [0.2, 0.25) is 0 Å². The Hall–Kier alpha value is -6.07. The Bertz CT molecular complexity index is 2450. The highest BCUT2D eigenvalue weighted by Crippen LogP contribution is 2.26. The molecule has 0 aromatic heterocycles. The fourth-order valence-electron chi connectivity index (χ4n) is 6.12. The van der Waals surface area contributed by atoms with Gasteiger partial charge in [0, 0.05) is 32.8 Å². The molecule has 0 unspecified atom stereocenters. The molecular formula is C36H2B2Cl2F30. The Morgan fingerprint density at radius 3 is 0.243 bits per heavy atom. The van der Waals surface area contributed by atoms with Crippen molar-refractivity contribution in [1.82, 2.24) is 0 Å². The number of halogens is 32. The molecule has 0 radical (unpaired) electrons. The Morgan fingerprint density at radius 1 is 0.114 bits per heavy atom. The molecule has 0 saturated heterocycles. The van der Waals surface area contributed by atoms with Crippen molar-refractivity contribution in [2.24, 2.45) is 0 Å². The van der Waals surface area contributed by atoms with Gasteiger partial charge in [0.2, 0.25) is 0 Å². The van der Waals surface area contributed by atoms with Crippen LogP contribution in [-0.4, -0.2) is 13.4 Å². The van der Waals surface area contributed by atoms with E-state index in [9.17, 15) is 132 Å². The average Bonchev–Trinajstić information content (AvgIpc) is 3.31. The van der Waals surface area contributed by atoms with Crippen LogP contribution < -0.4 is 32.8 Å². The maximum Gasteiger partial charge on any atom is 0.265 e. The summed E-state index contributed by atoms with van der Waals surface area (Å²) < 4.78 is 417. The van der Waals surface area contributed by atoms with Gasteiger partial charge < -0.3 is 0 Å². The van der Waals surface area contributed by atoms with Gasteiger partial charge in [-0.1, -0.05) is 0 Å². The van der Waals surface area contributed by atoms with E-state index in [1.807, 2.05) is 0 Å². The van der Waals surface area contributed by atoms with Crippen molar-refractivity contribution in [3.05, 3.63) is 175 Å². The third-order valence-corrected chi connectivity index (χ3v) is 9.19. The molecule has 34 heteroatoms. The molecular weight excluding hydrogens is 1090 g/mol. The number of rotatable bonds is 6. The Kier molecular flexibility index (Phi) is 17.2. The smallest absolute Gasteiger partial charge is 0.204 e. The SMILES string of the molecule is Cl.Cl.Fc1c(F)c(F)c(B(c2c(F)c(F)c(F)c(F)c2F)c2c(F)c(F)c(F)c(F)c2F)c(F)c1F.Fc1c(F)c(F)c(B(c2c(F)c(F)c(F)c(F)c2F)c2c(F)c(F)c(F)c(F)c2F)c(F)c1F. The van der Waals surface area contributed by atoms with Crippen LogP contribution in [0.15, 0.2) is 0 Å². The molecule has 0 aliphatic heterocycles. The molecule has 0 atom stereocenters. The van der Waals surface area contributed by atoms with Crippen LogP contribution in [0.4, 0.5) is 132 Å². The van der Waals surface area contributed by atoms with Gasteiger partial charge in [0.15, 0.2) is 175 Å². The minimum Gasteiger partial charge on any atom is -0.204 e. The van der Waals surface area contributed by atoms with E-state index in [4.69, 9.17) is 0 Å². The van der Waals surface area contributed by atoms with Gasteiger partial charge in [-0.3, -0.25) is 0 Å². The lowest BCUT2D eigenvalue weighted by molar-refractivity contribution is 0.380. The van der Waals surface area contributed by atoms with Gasteiger partial charge in [-0.2, -0.15) is 0 Å². The summed E-state index contributed by atoms with van der Waals surface area (Å²) in [5, 5.41) is 0. The van der Waals surface area contributed by atoms with Crippen LogP contribution >= 0.6 is 24.8 Å². The second kappa shape index (κ2) is 20.7. The third-order valence-electron chi connectivity index (χ3n) is 9.19. The Balaban J connectivity index is 0.000000360. The lowest BCUT2D eigenvalue weighted by atomic mass is 9.36. The molecule has 0 nitrogen and oxygen atoms in total. The molecule has 0 amide bonds. The van der Waals surface area contributed by atoms with E-state index in [1.54, 1.807) is 0 Å². The highest BCUT2D eigenvalue weighted by atomic mass is 35.5. The molecule has 0 saturated carbocycles. The normalized spacial score (nSPS) is 11.1. The number of benzene rings is 6. The average molecular weight is 1100 g/mol. The van der Waals surface area contributed by atoms with Crippen LogP contribution in [0, 0.1) is 175 Å². The second-order valence-electron chi connectivity index (χ2n) is 12.8. The summed E-state index contributed by atoms with van der Waals surface area (Å²) in [5.41, 5.74) is -16.1. The first kappa shape index (κ1) is 58.2. The van der Waals surface area contributed by atoms with Gasteiger partial charge in [-0.15, -0.1) is 24.8 Å². The molecule has 0 bridgehead atoms. The van der Waals surface area contributed by atoms with E-state index >= 15 is 0 Å². The van der Waals surface area contributed by atoms with Crippen molar-refractivity contribution in [3.63, 3.8) is 0 Å². The number of hydrogen-bond acceptors (Lipinski definition) is 0. The number of hydrogen-bond donors (Lipinski definition) is 0. The van der Waals surface area contributed by atoms with E-state index < -0.39 is 221 Å². The maximum absolute atomic E-state index is 14.4. The van der Waals surface area contributed by atoms with E-state index in [1.165, 1.54) is 0 Å². The fourth-order valence-corrected chi connectivity index (χ4v) is 6.12. The van der Waals surface area contributed by atoms with E-state index in [-0.39, 0.29) is 24.8 Å². The van der Waals surface area contributed by atoms with Gasteiger partial charge in [-0.05, 0) is 0 Å². The molecule has 0 aliphatic rings. The molecule has 6 rings (SSSR count). The van der Waals surface area contributed by atoms with Crippen LogP contribution in [0.1, 0.15) is 0 Å². The Morgan fingerprint density at radius 2 is 0.171 bits per heavy atom. The largest absolute Gasteiger partial charge is 0.265 e. The zero-order chi connectivity index (χ0) is 51.9. The zero-order valence-corrected chi connectivity index (χ0v) is 32.9. The summed E-state index contributed by atoms with van der Waals surface area (Å²) in [6.07, 6.45) is 0. The van der Waals surface area contributed by atoms with Crippen LogP contribution in [0.3, 0.4) is 0 Å². The van der Waals surface area contributed by atoms with E-state index in [0.717, 1.165) is 0 Å². The third kappa shape index (κ3) is 8.77. The van der Waals surface area contributed by atoms with Crippen molar-refractivity contribution < 1.29 is 132 Å². The molecule has 6 aromatic carbocycles. The monoisotopic (exact) mass is 1100 g/mol. The van der Waals surface area contributed by atoms with Gasteiger partial charge in [0.05, 0.1) is 0 Å². The van der Waals surface area contributed by atoms with E-state index in [2.05, 4.69) is 0 Å². The van der Waals surface area contributed by atoms with Crippen molar-refractivity contribution in [2.75, 3.05) is 0 Å². The lowest BCUT2D eigenvalue weighted by Crippen LogP contribution is -2.60. The quantitative estimate of drug-likeness (QED) is 0.0676. The molecule has 376 valence electrons. The predicted molar refractivity (Wildman–Crippen MR) is 181 cm³/mol. The first-order chi connectivity index (χ1) is 31.3. The van der Waals surface area contributed by atoms with Gasteiger partial charge in [0.1, 0.15) is 0 Å². The summed E-state index contributed by atoms with van der Waals surface area (Å²) in [6, 6.07) is 0.